The molecule has 0 saturated carbocycles. The highest BCUT2D eigenvalue weighted by molar-refractivity contribution is 5.97. The minimum absolute atomic E-state index is 0.142. The van der Waals surface area contributed by atoms with E-state index in [1.165, 1.54) is 56.6 Å². The predicted molar refractivity (Wildman–Crippen MR) is 147 cm³/mol. The third-order valence-electron chi connectivity index (χ3n) is 8.67. The fourth-order valence-corrected chi connectivity index (χ4v) is 6.42. The monoisotopic (exact) mass is 500 g/mol. The van der Waals surface area contributed by atoms with Crippen LogP contribution >= 0.6 is 0 Å². The van der Waals surface area contributed by atoms with Gasteiger partial charge < -0.3 is 20.1 Å². The van der Waals surface area contributed by atoms with E-state index in [0.717, 1.165) is 72.8 Å². The Kier molecular flexibility index (Phi) is 7.25. The van der Waals surface area contributed by atoms with Crippen LogP contribution in [0.15, 0.2) is 30.3 Å². The number of carbonyl (C=O) groups is 1. The molecule has 0 radical (unpaired) electrons. The van der Waals surface area contributed by atoms with Gasteiger partial charge in [-0.1, -0.05) is 6.07 Å². The highest BCUT2D eigenvalue weighted by atomic mass is 16.2. The van der Waals surface area contributed by atoms with Gasteiger partial charge in [-0.3, -0.25) is 9.78 Å². The van der Waals surface area contributed by atoms with Crippen LogP contribution in [0.4, 0.5) is 0 Å². The maximum Gasteiger partial charge on any atom is 0.253 e. The van der Waals surface area contributed by atoms with Gasteiger partial charge in [0.15, 0.2) is 0 Å². The number of benzene rings is 1. The van der Waals surface area contributed by atoms with Gasteiger partial charge in [0.05, 0.1) is 29.3 Å². The van der Waals surface area contributed by atoms with Gasteiger partial charge in [0.25, 0.3) is 5.91 Å². The fourth-order valence-electron chi connectivity index (χ4n) is 6.42. The summed E-state index contributed by atoms with van der Waals surface area (Å²) in [5.74, 6) is 1.80. The number of amides is 1. The lowest BCUT2D eigenvalue weighted by Crippen LogP contribution is -2.39. The maximum atomic E-state index is 13.3. The van der Waals surface area contributed by atoms with Gasteiger partial charge in [-0.25, -0.2) is 4.98 Å². The molecule has 1 atom stereocenters. The van der Waals surface area contributed by atoms with Crippen LogP contribution in [0.5, 0.6) is 0 Å². The largest absolute Gasteiger partial charge is 0.341 e. The minimum atomic E-state index is 0.142. The number of nitrogens with zero attached hydrogens (tertiary/aromatic N) is 4. The molecule has 4 heterocycles. The van der Waals surface area contributed by atoms with Crippen molar-refractivity contribution in [3.8, 4) is 0 Å². The summed E-state index contributed by atoms with van der Waals surface area (Å²) < 4.78 is 0. The Bertz CT molecular complexity index is 1240. The number of H-pyrrole nitrogens is 1. The second kappa shape index (κ2) is 10.9. The van der Waals surface area contributed by atoms with Crippen LogP contribution in [0.2, 0.25) is 0 Å². The standard InChI is InChI=1S/C30H40N6O/c1-21-7-8-23-5-4-6-26(29(23)32-21)31-20-28-33-25-10-9-24(19-27(25)34-28)30(37)36-17-12-22(13-18-36)11-16-35-14-2-3-15-35/h7-10,19,22,26,31H,2-6,11-18,20H2,1H3,(H,33,34). The van der Waals surface area contributed by atoms with Crippen LogP contribution in [0.1, 0.15) is 84.1 Å². The van der Waals surface area contributed by atoms with Crippen LogP contribution in [0.3, 0.4) is 0 Å². The Balaban J connectivity index is 1.05. The highest BCUT2D eigenvalue weighted by Gasteiger charge is 2.25. The van der Waals surface area contributed by atoms with Gasteiger partial charge in [-0.15, -0.1) is 0 Å². The highest BCUT2D eigenvalue weighted by Crippen LogP contribution is 2.29. The van der Waals surface area contributed by atoms with E-state index in [0.29, 0.717) is 6.54 Å². The smallest absolute Gasteiger partial charge is 0.253 e. The van der Waals surface area contributed by atoms with E-state index in [-0.39, 0.29) is 11.9 Å². The zero-order chi connectivity index (χ0) is 25.2. The van der Waals surface area contributed by atoms with Gasteiger partial charge >= 0.3 is 0 Å². The SMILES string of the molecule is Cc1ccc2c(n1)C(NCc1nc3cc(C(=O)N4CCC(CCN5CCCC5)CC4)ccc3[nH]1)CCC2. The molecule has 7 nitrogen and oxygen atoms in total. The Morgan fingerprint density at radius 2 is 1.86 bits per heavy atom. The molecule has 0 spiro atoms. The summed E-state index contributed by atoms with van der Waals surface area (Å²) in [6.07, 6.45) is 9.62. The Morgan fingerprint density at radius 3 is 2.70 bits per heavy atom. The lowest BCUT2D eigenvalue weighted by molar-refractivity contribution is 0.0682. The topological polar surface area (TPSA) is 77.2 Å². The molecule has 196 valence electrons. The maximum absolute atomic E-state index is 13.3. The summed E-state index contributed by atoms with van der Waals surface area (Å²) in [6, 6.07) is 10.5. The van der Waals surface area contributed by atoms with E-state index in [1.54, 1.807) is 0 Å². The molecule has 0 bridgehead atoms. The summed E-state index contributed by atoms with van der Waals surface area (Å²) in [4.78, 5) is 31.0. The van der Waals surface area contributed by atoms with E-state index in [9.17, 15) is 4.79 Å². The first-order valence-electron chi connectivity index (χ1n) is 14.3. The molecule has 1 aliphatic carbocycles. The van der Waals surface area contributed by atoms with Gasteiger partial charge in [-0.2, -0.15) is 0 Å². The summed E-state index contributed by atoms with van der Waals surface area (Å²) in [7, 11) is 0. The van der Waals surface area contributed by atoms with Crippen molar-refractivity contribution in [2.24, 2.45) is 5.92 Å². The van der Waals surface area contributed by atoms with Crippen molar-refractivity contribution in [1.82, 2.24) is 30.1 Å². The number of hydrogen-bond acceptors (Lipinski definition) is 5. The van der Waals surface area contributed by atoms with E-state index in [1.807, 2.05) is 23.1 Å². The number of hydrogen-bond donors (Lipinski definition) is 2. The van der Waals surface area contributed by atoms with E-state index in [4.69, 9.17) is 9.97 Å². The Morgan fingerprint density at radius 1 is 1.03 bits per heavy atom. The van der Waals surface area contributed by atoms with Crippen LogP contribution in [-0.2, 0) is 13.0 Å². The first-order chi connectivity index (χ1) is 18.1. The molecule has 2 aromatic heterocycles. The number of rotatable bonds is 7. The molecule has 2 aliphatic heterocycles. The third kappa shape index (κ3) is 5.58. The second-order valence-corrected chi connectivity index (χ2v) is 11.3. The molecule has 2 saturated heterocycles. The third-order valence-corrected chi connectivity index (χ3v) is 8.67. The molecule has 2 fully saturated rings. The number of fused-ring (bicyclic) bond motifs is 2. The normalized spacial score (nSPS) is 21.0. The summed E-state index contributed by atoms with van der Waals surface area (Å²) >= 11 is 0. The molecule has 1 unspecified atom stereocenters. The van der Waals surface area contributed by atoms with Gasteiger partial charge in [0, 0.05) is 24.3 Å². The van der Waals surface area contributed by atoms with E-state index < -0.39 is 0 Å². The number of piperidine rings is 1. The summed E-state index contributed by atoms with van der Waals surface area (Å²) in [5, 5.41) is 3.67. The second-order valence-electron chi connectivity index (χ2n) is 11.3. The van der Waals surface area contributed by atoms with Crippen LogP contribution in [-0.4, -0.2) is 63.4 Å². The quantitative estimate of drug-likeness (QED) is 0.489. The number of likely N-dealkylation sites (tertiary alicyclic amines) is 2. The van der Waals surface area contributed by atoms with Crippen LogP contribution < -0.4 is 5.32 Å². The van der Waals surface area contributed by atoms with Crippen molar-refractivity contribution >= 4 is 16.9 Å². The van der Waals surface area contributed by atoms with Crippen LogP contribution in [0, 0.1) is 12.8 Å². The summed E-state index contributed by atoms with van der Waals surface area (Å²) in [5.41, 5.74) is 6.20. The number of aromatic nitrogens is 3. The molecule has 6 rings (SSSR count). The minimum Gasteiger partial charge on any atom is -0.341 e. The van der Waals surface area contributed by atoms with Crippen molar-refractivity contribution in [1.29, 1.82) is 0 Å². The lowest BCUT2D eigenvalue weighted by Gasteiger charge is -2.32. The molecular formula is C30H40N6O. The van der Waals surface area contributed by atoms with Gasteiger partial charge in [-0.05, 0) is 114 Å². The fraction of sp³-hybridized carbons (Fsp3) is 0.567. The average molecular weight is 501 g/mol. The molecule has 3 aromatic rings. The van der Waals surface area contributed by atoms with Crippen molar-refractivity contribution in [3.63, 3.8) is 0 Å². The van der Waals surface area contributed by atoms with E-state index in [2.05, 4.69) is 34.3 Å². The van der Waals surface area contributed by atoms with Crippen molar-refractivity contribution in [2.75, 3.05) is 32.7 Å². The molecule has 1 aromatic carbocycles. The van der Waals surface area contributed by atoms with Crippen LogP contribution in [0.25, 0.3) is 11.0 Å². The number of aromatic amines is 1. The summed E-state index contributed by atoms with van der Waals surface area (Å²) in [6.45, 7) is 8.23. The molecule has 7 heteroatoms. The molecule has 1 amide bonds. The Labute approximate surface area is 220 Å². The zero-order valence-electron chi connectivity index (χ0n) is 22.1. The van der Waals surface area contributed by atoms with Crippen molar-refractivity contribution < 1.29 is 4.79 Å². The van der Waals surface area contributed by atoms with Gasteiger partial charge in [0.1, 0.15) is 5.82 Å². The number of imidazole rings is 1. The number of pyridine rings is 1. The van der Waals surface area contributed by atoms with E-state index >= 15 is 0 Å². The molecule has 3 aliphatic rings. The first-order valence-corrected chi connectivity index (χ1v) is 14.3. The molecular weight excluding hydrogens is 460 g/mol. The number of aryl methyl sites for hydroxylation is 2. The zero-order valence-corrected chi connectivity index (χ0v) is 22.1. The van der Waals surface area contributed by atoms with Crippen molar-refractivity contribution in [3.05, 3.63) is 58.7 Å². The molecule has 37 heavy (non-hydrogen) atoms. The predicted octanol–water partition coefficient (Wildman–Crippen LogP) is 4.77. The first kappa shape index (κ1) is 24.6. The lowest BCUT2D eigenvalue weighted by atomic mass is 9.91. The Hall–Kier alpha value is -2.77. The van der Waals surface area contributed by atoms with Crippen molar-refractivity contribution in [2.45, 2.75) is 70.9 Å². The molecule has 2 N–H and O–H groups in total. The average Bonchev–Trinajstić information content (AvgIpc) is 3.60. The number of carbonyl (C=O) groups excluding carboxylic acids is 1. The van der Waals surface area contributed by atoms with Gasteiger partial charge in [0.2, 0.25) is 0 Å². The number of nitrogens with one attached hydrogen (secondary N) is 2.